The van der Waals surface area contributed by atoms with Crippen molar-refractivity contribution in [2.24, 2.45) is 0 Å². The van der Waals surface area contributed by atoms with Crippen LogP contribution in [0.15, 0.2) is 33.3 Å². The first-order chi connectivity index (χ1) is 7.84. The first-order valence-corrected chi connectivity index (χ1v) is 5.93. The predicted molar refractivity (Wildman–Crippen MR) is 63.0 cm³/mol. The zero-order valence-corrected chi connectivity index (χ0v) is 10.1. The summed E-state index contributed by atoms with van der Waals surface area (Å²) < 4.78 is 6.24. The SMILES string of the molecule is Brc1ccccc1-c1noc(C2CNC2)n1. The lowest BCUT2D eigenvalue weighted by Gasteiger charge is -2.22. The molecule has 0 amide bonds. The van der Waals surface area contributed by atoms with Gasteiger partial charge in [-0.1, -0.05) is 33.2 Å². The molecule has 3 rings (SSSR count). The quantitative estimate of drug-likeness (QED) is 0.916. The molecule has 0 atom stereocenters. The van der Waals surface area contributed by atoms with E-state index in [-0.39, 0.29) is 0 Å². The maximum Gasteiger partial charge on any atom is 0.232 e. The molecule has 0 radical (unpaired) electrons. The zero-order chi connectivity index (χ0) is 11.0. The van der Waals surface area contributed by atoms with E-state index in [1.165, 1.54) is 0 Å². The molecule has 0 saturated carbocycles. The Bertz CT molecular complexity index is 507. The van der Waals surface area contributed by atoms with E-state index >= 15 is 0 Å². The number of nitrogens with zero attached hydrogens (tertiary/aromatic N) is 2. The third kappa shape index (κ3) is 1.66. The summed E-state index contributed by atoms with van der Waals surface area (Å²) in [4.78, 5) is 4.42. The maximum absolute atomic E-state index is 5.26. The van der Waals surface area contributed by atoms with Crippen molar-refractivity contribution >= 4 is 15.9 Å². The van der Waals surface area contributed by atoms with Gasteiger partial charge in [-0.3, -0.25) is 0 Å². The minimum Gasteiger partial charge on any atom is -0.339 e. The molecule has 1 saturated heterocycles. The van der Waals surface area contributed by atoms with Crippen molar-refractivity contribution in [3.8, 4) is 11.4 Å². The molecule has 0 bridgehead atoms. The summed E-state index contributed by atoms with van der Waals surface area (Å²) in [6.45, 7) is 1.86. The third-order valence-electron chi connectivity index (χ3n) is 2.69. The topological polar surface area (TPSA) is 51.0 Å². The van der Waals surface area contributed by atoms with Gasteiger partial charge in [0.1, 0.15) is 0 Å². The smallest absolute Gasteiger partial charge is 0.232 e. The summed E-state index contributed by atoms with van der Waals surface area (Å²) in [5.74, 6) is 1.75. The molecule has 2 aromatic rings. The lowest BCUT2D eigenvalue weighted by atomic mass is 10.0. The van der Waals surface area contributed by atoms with Gasteiger partial charge < -0.3 is 9.84 Å². The first kappa shape index (κ1) is 9.99. The molecule has 1 aromatic carbocycles. The number of halogens is 1. The second-order valence-corrected chi connectivity index (χ2v) is 4.65. The van der Waals surface area contributed by atoms with Crippen LogP contribution in [0.5, 0.6) is 0 Å². The Morgan fingerprint density at radius 3 is 2.81 bits per heavy atom. The lowest BCUT2D eigenvalue weighted by Crippen LogP contribution is -2.40. The second-order valence-electron chi connectivity index (χ2n) is 3.79. The molecule has 1 aliphatic rings. The van der Waals surface area contributed by atoms with Gasteiger partial charge in [0.25, 0.3) is 0 Å². The first-order valence-electron chi connectivity index (χ1n) is 5.14. The van der Waals surface area contributed by atoms with Crippen molar-refractivity contribution in [3.63, 3.8) is 0 Å². The molecule has 4 nitrogen and oxygen atoms in total. The fourth-order valence-electron chi connectivity index (χ4n) is 1.62. The highest BCUT2D eigenvalue weighted by Crippen LogP contribution is 2.27. The Balaban J connectivity index is 1.95. The van der Waals surface area contributed by atoms with Gasteiger partial charge >= 0.3 is 0 Å². The average Bonchev–Trinajstić information content (AvgIpc) is 2.65. The van der Waals surface area contributed by atoms with E-state index in [1.807, 2.05) is 24.3 Å². The largest absolute Gasteiger partial charge is 0.339 e. The van der Waals surface area contributed by atoms with Crippen molar-refractivity contribution < 1.29 is 4.52 Å². The molecule has 16 heavy (non-hydrogen) atoms. The van der Waals surface area contributed by atoms with Crippen LogP contribution in [-0.2, 0) is 0 Å². The van der Waals surface area contributed by atoms with Crippen molar-refractivity contribution in [1.82, 2.24) is 15.5 Å². The van der Waals surface area contributed by atoms with Crippen LogP contribution < -0.4 is 5.32 Å². The molecule has 0 unspecified atom stereocenters. The van der Waals surface area contributed by atoms with Crippen molar-refractivity contribution in [3.05, 3.63) is 34.6 Å². The van der Waals surface area contributed by atoms with Crippen molar-refractivity contribution in [2.75, 3.05) is 13.1 Å². The molecule has 0 aliphatic carbocycles. The van der Waals surface area contributed by atoms with E-state index in [0.29, 0.717) is 11.7 Å². The van der Waals surface area contributed by atoms with Gasteiger partial charge in [-0.15, -0.1) is 0 Å². The highest BCUT2D eigenvalue weighted by Gasteiger charge is 2.25. The number of aromatic nitrogens is 2. The van der Waals surface area contributed by atoms with E-state index in [0.717, 1.165) is 29.0 Å². The summed E-state index contributed by atoms with van der Waals surface area (Å²) in [7, 11) is 0. The molecule has 5 heteroatoms. The van der Waals surface area contributed by atoms with E-state index in [4.69, 9.17) is 4.52 Å². The van der Waals surface area contributed by atoms with E-state index in [9.17, 15) is 0 Å². The number of rotatable bonds is 2. The summed E-state index contributed by atoms with van der Waals surface area (Å²) in [6.07, 6.45) is 0. The summed E-state index contributed by atoms with van der Waals surface area (Å²) in [5.41, 5.74) is 0.963. The molecule has 1 fully saturated rings. The van der Waals surface area contributed by atoms with Gasteiger partial charge in [0.05, 0.1) is 5.92 Å². The van der Waals surface area contributed by atoms with Crippen LogP contribution in [-0.4, -0.2) is 23.2 Å². The Kier molecular flexibility index (Phi) is 2.49. The number of hydrogen-bond acceptors (Lipinski definition) is 4. The highest BCUT2D eigenvalue weighted by molar-refractivity contribution is 9.10. The van der Waals surface area contributed by atoms with Crippen molar-refractivity contribution in [1.29, 1.82) is 0 Å². The number of hydrogen-bond donors (Lipinski definition) is 1. The minimum absolute atomic E-state index is 0.378. The predicted octanol–water partition coefficient (Wildman–Crippen LogP) is 2.19. The standard InChI is InChI=1S/C11H10BrN3O/c12-9-4-2-1-3-8(9)10-14-11(16-15-10)7-5-13-6-7/h1-4,7,13H,5-6H2. The van der Waals surface area contributed by atoms with E-state index in [1.54, 1.807) is 0 Å². The molecule has 1 aliphatic heterocycles. The van der Waals surface area contributed by atoms with Crippen LogP contribution in [0, 0.1) is 0 Å². The molecule has 82 valence electrons. The van der Waals surface area contributed by atoms with Gasteiger partial charge in [-0.05, 0) is 12.1 Å². The van der Waals surface area contributed by atoms with Crippen LogP contribution in [0.3, 0.4) is 0 Å². The molecule has 0 spiro atoms. The van der Waals surface area contributed by atoms with Crippen molar-refractivity contribution in [2.45, 2.75) is 5.92 Å². The molecular weight excluding hydrogens is 270 g/mol. The molecule has 1 aromatic heterocycles. The Morgan fingerprint density at radius 1 is 1.31 bits per heavy atom. The van der Waals surface area contributed by atoms with Gasteiger partial charge in [-0.25, -0.2) is 0 Å². The third-order valence-corrected chi connectivity index (χ3v) is 3.38. The average molecular weight is 280 g/mol. The Morgan fingerprint density at radius 2 is 2.12 bits per heavy atom. The zero-order valence-electron chi connectivity index (χ0n) is 8.48. The highest BCUT2D eigenvalue weighted by atomic mass is 79.9. The monoisotopic (exact) mass is 279 g/mol. The lowest BCUT2D eigenvalue weighted by molar-refractivity contribution is 0.308. The van der Waals surface area contributed by atoms with E-state index < -0.39 is 0 Å². The van der Waals surface area contributed by atoms with Gasteiger partial charge in [0.15, 0.2) is 0 Å². The van der Waals surface area contributed by atoms with Gasteiger partial charge in [0.2, 0.25) is 11.7 Å². The van der Waals surface area contributed by atoms with E-state index in [2.05, 4.69) is 31.4 Å². The van der Waals surface area contributed by atoms with Crippen LogP contribution >= 0.6 is 15.9 Å². The fraction of sp³-hybridized carbons (Fsp3) is 0.273. The Labute approximate surface area is 101 Å². The van der Waals surface area contributed by atoms with Gasteiger partial charge in [0, 0.05) is 23.1 Å². The fourth-order valence-corrected chi connectivity index (χ4v) is 2.08. The van der Waals surface area contributed by atoms with Gasteiger partial charge in [-0.2, -0.15) is 4.98 Å². The Hall–Kier alpha value is -1.20. The normalized spacial score (nSPS) is 16.1. The number of nitrogens with one attached hydrogen (secondary N) is 1. The number of benzene rings is 1. The second kappa shape index (κ2) is 3.99. The minimum atomic E-state index is 0.378. The van der Waals surface area contributed by atoms with Crippen LogP contribution in [0.1, 0.15) is 11.8 Å². The molecule has 1 N–H and O–H groups in total. The van der Waals surface area contributed by atoms with Crippen LogP contribution in [0.4, 0.5) is 0 Å². The summed E-state index contributed by atoms with van der Waals surface area (Å²) in [6, 6.07) is 7.86. The summed E-state index contributed by atoms with van der Waals surface area (Å²) >= 11 is 3.48. The molecule has 2 heterocycles. The van der Waals surface area contributed by atoms with Crippen LogP contribution in [0.25, 0.3) is 11.4 Å². The maximum atomic E-state index is 5.26. The summed E-state index contributed by atoms with van der Waals surface area (Å²) in [5, 5.41) is 7.19. The van der Waals surface area contributed by atoms with Crippen LogP contribution in [0.2, 0.25) is 0 Å². The molecular formula is C11H10BrN3O.